The Balaban J connectivity index is 1.57. The highest BCUT2D eigenvalue weighted by molar-refractivity contribution is 5.87. The van der Waals surface area contributed by atoms with Crippen LogP contribution < -0.4 is 4.90 Å². The number of carbonyl (C=O) groups excluding carboxylic acids is 1. The van der Waals surface area contributed by atoms with Crippen molar-refractivity contribution >= 4 is 11.8 Å². The number of ether oxygens (including phenoxy) is 1. The summed E-state index contributed by atoms with van der Waals surface area (Å²) in [4.78, 5) is 19.1. The number of hydrogen-bond donors (Lipinski definition) is 1. The van der Waals surface area contributed by atoms with E-state index in [0.717, 1.165) is 36.4 Å². The van der Waals surface area contributed by atoms with E-state index in [1.165, 1.54) is 6.42 Å². The topological polar surface area (TPSA) is 80.5 Å². The molecule has 0 radical (unpaired) electrons. The Hall–Kier alpha value is -2.41. The Bertz CT molecular complexity index is 853. The summed E-state index contributed by atoms with van der Waals surface area (Å²) >= 11 is 0. The van der Waals surface area contributed by atoms with Gasteiger partial charge in [-0.25, -0.2) is 9.78 Å². The molecule has 3 unspecified atom stereocenters. The third-order valence-corrected chi connectivity index (χ3v) is 5.57. The standard InChI is InChI=1S/C20H26N4O3/c1-4-24-17(20(26)27-5-2)9-16(22-24)19(25)15-6-7-18(21-12(15)3)23-10-13-8-14(13)11-23/h6-7,9,13-14,19,25H,4-5,8,10-11H2,1-3H3. The summed E-state index contributed by atoms with van der Waals surface area (Å²) in [5, 5.41) is 15.2. The molecule has 1 N–H and O–H groups in total. The molecule has 0 amide bonds. The summed E-state index contributed by atoms with van der Waals surface area (Å²) < 4.78 is 6.64. The highest BCUT2D eigenvalue weighted by Crippen LogP contribution is 2.46. The molecule has 0 bridgehead atoms. The van der Waals surface area contributed by atoms with Gasteiger partial charge in [0.25, 0.3) is 0 Å². The molecule has 1 saturated carbocycles. The zero-order valence-corrected chi connectivity index (χ0v) is 16.1. The van der Waals surface area contributed by atoms with Gasteiger partial charge < -0.3 is 14.7 Å². The van der Waals surface area contributed by atoms with Gasteiger partial charge in [-0.15, -0.1) is 0 Å². The minimum absolute atomic E-state index is 0.300. The van der Waals surface area contributed by atoms with Crippen LogP contribution >= 0.6 is 0 Å². The van der Waals surface area contributed by atoms with Gasteiger partial charge >= 0.3 is 5.97 Å². The van der Waals surface area contributed by atoms with Crippen molar-refractivity contribution < 1.29 is 14.6 Å². The molecule has 1 saturated heterocycles. The van der Waals surface area contributed by atoms with E-state index in [0.29, 0.717) is 30.1 Å². The van der Waals surface area contributed by atoms with Crippen LogP contribution in [0.4, 0.5) is 5.82 Å². The fourth-order valence-corrected chi connectivity index (χ4v) is 3.95. The molecular formula is C20H26N4O3. The van der Waals surface area contributed by atoms with E-state index in [1.54, 1.807) is 17.7 Å². The van der Waals surface area contributed by atoms with Crippen LogP contribution in [0.1, 0.15) is 53.8 Å². The molecule has 2 fully saturated rings. The van der Waals surface area contributed by atoms with Gasteiger partial charge in [0.2, 0.25) is 0 Å². The van der Waals surface area contributed by atoms with E-state index in [2.05, 4.69) is 10.00 Å². The van der Waals surface area contributed by atoms with Crippen molar-refractivity contribution in [3.8, 4) is 0 Å². The molecule has 4 rings (SSSR count). The van der Waals surface area contributed by atoms with Crippen molar-refractivity contribution in [3.05, 3.63) is 40.8 Å². The predicted molar refractivity (Wildman–Crippen MR) is 101 cm³/mol. The maximum Gasteiger partial charge on any atom is 0.356 e. The number of rotatable bonds is 6. The molecule has 27 heavy (non-hydrogen) atoms. The summed E-state index contributed by atoms with van der Waals surface area (Å²) in [5.74, 6) is 2.23. The second kappa shape index (κ2) is 6.96. The summed E-state index contributed by atoms with van der Waals surface area (Å²) in [6.07, 6.45) is 0.425. The second-order valence-corrected chi connectivity index (χ2v) is 7.40. The normalized spacial score (nSPS) is 21.9. The maximum absolute atomic E-state index is 12.1. The van der Waals surface area contributed by atoms with Crippen LogP contribution in [0.2, 0.25) is 0 Å². The van der Waals surface area contributed by atoms with Crippen molar-refractivity contribution in [2.24, 2.45) is 11.8 Å². The van der Waals surface area contributed by atoms with Gasteiger partial charge in [-0.2, -0.15) is 5.10 Å². The van der Waals surface area contributed by atoms with Crippen molar-refractivity contribution in [3.63, 3.8) is 0 Å². The number of pyridine rings is 1. The zero-order chi connectivity index (χ0) is 19.1. The number of nitrogens with zero attached hydrogens (tertiary/aromatic N) is 4. The van der Waals surface area contributed by atoms with Crippen molar-refractivity contribution in [1.82, 2.24) is 14.8 Å². The molecule has 0 spiro atoms. The number of aromatic nitrogens is 3. The lowest BCUT2D eigenvalue weighted by Gasteiger charge is -2.21. The van der Waals surface area contributed by atoms with E-state index in [-0.39, 0.29) is 0 Å². The van der Waals surface area contributed by atoms with Crippen LogP contribution in [0.15, 0.2) is 18.2 Å². The number of piperidine rings is 1. The van der Waals surface area contributed by atoms with Crippen LogP contribution in [0.5, 0.6) is 0 Å². The van der Waals surface area contributed by atoms with Crippen LogP contribution in [-0.2, 0) is 11.3 Å². The van der Waals surface area contributed by atoms with Gasteiger partial charge in [-0.1, -0.05) is 6.07 Å². The van der Waals surface area contributed by atoms with Gasteiger partial charge in [0.05, 0.1) is 12.3 Å². The zero-order valence-electron chi connectivity index (χ0n) is 16.1. The number of fused-ring (bicyclic) bond motifs is 1. The summed E-state index contributed by atoms with van der Waals surface area (Å²) in [5.41, 5.74) is 2.27. The number of carbonyl (C=O) groups is 1. The quantitative estimate of drug-likeness (QED) is 0.786. The first-order chi connectivity index (χ1) is 13.0. The minimum atomic E-state index is -0.931. The van der Waals surface area contributed by atoms with Crippen LogP contribution in [-0.4, -0.2) is 45.5 Å². The number of esters is 1. The van der Waals surface area contributed by atoms with Crippen molar-refractivity contribution in [2.45, 2.75) is 39.8 Å². The second-order valence-electron chi connectivity index (χ2n) is 7.40. The van der Waals surface area contributed by atoms with Crippen LogP contribution in [0.25, 0.3) is 0 Å². The number of aryl methyl sites for hydroxylation is 2. The lowest BCUT2D eigenvalue weighted by molar-refractivity contribution is 0.0512. The van der Waals surface area contributed by atoms with Crippen LogP contribution in [0, 0.1) is 18.8 Å². The highest BCUT2D eigenvalue weighted by atomic mass is 16.5. The van der Waals surface area contributed by atoms with E-state index in [9.17, 15) is 9.90 Å². The Kier molecular flexibility index (Phi) is 4.63. The first-order valence-corrected chi connectivity index (χ1v) is 9.67. The average molecular weight is 370 g/mol. The molecule has 7 heteroatoms. The largest absolute Gasteiger partial charge is 0.461 e. The number of aliphatic hydroxyl groups excluding tert-OH is 1. The highest BCUT2D eigenvalue weighted by Gasteiger charge is 2.45. The minimum Gasteiger partial charge on any atom is -0.461 e. The van der Waals surface area contributed by atoms with E-state index in [1.807, 2.05) is 26.0 Å². The Morgan fingerprint density at radius 2 is 2.07 bits per heavy atom. The van der Waals surface area contributed by atoms with Crippen LogP contribution in [0.3, 0.4) is 0 Å². The Labute approximate surface area is 159 Å². The average Bonchev–Trinajstić information content (AvgIpc) is 3.08. The van der Waals surface area contributed by atoms with E-state index >= 15 is 0 Å². The maximum atomic E-state index is 12.1. The fourth-order valence-electron chi connectivity index (χ4n) is 3.95. The number of aliphatic hydroxyl groups is 1. The number of anilines is 1. The molecule has 1 aliphatic carbocycles. The van der Waals surface area contributed by atoms with E-state index < -0.39 is 12.1 Å². The molecule has 1 aliphatic heterocycles. The lowest BCUT2D eigenvalue weighted by Crippen LogP contribution is -2.23. The molecular weight excluding hydrogens is 344 g/mol. The smallest absolute Gasteiger partial charge is 0.356 e. The molecule has 2 aromatic heterocycles. The Morgan fingerprint density at radius 3 is 2.70 bits per heavy atom. The van der Waals surface area contributed by atoms with Gasteiger partial charge in [0.1, 0.15) is 17.6 Å². The van der Waals surface area contributed by atoms with Crippen molar-refractivity contribution in [1.29, 1.82) is 0 Å². The lowest BCUT2D eigenvalue weighted by atomic mass is 10.0. The van der Waals surface area contributed by atoms with E-state index in [4.69, 9.17) is 9.72 Å². The first-order valence-electron chi connectivity index (χ1n) is 9.67. The monoisotopic (exact) mass is 370 g/mol. The predicted octanol–water partition coefficient (Wildman–Crippen LogP) is 2.32. The molecule has 7 nitrogen and oxygen atoms in total. The fraction of sp³-hybridized carbons (Fsp3) is 0.550. The Morgan fingerprint density at radius 1 is 1.33 bits per heavy atom. The third kappa shape index (κ3) is 3.32. The van der Waals surface area contributed by atoms with Gasteiger partial charge in [-0.05, 0) is 51.2 Å². The van der Waals surface area contributed by atoms with Gasteiger partial charge in [0, 0.05) is 30.9 Å². The van der Waals surface area contributed by atoms with Gasteiger partial charge in [-0.3, -0.25) is 4.68 Å². The summed E-state index contributed by atoms with van der Waals surface area (Å²) in [7, 11) is 0. The molecule has 3 atom stereocenters. The van der Waals surface area contributed by atoms with Crippen molar-refractivity contribution in [2.75, 3.05) is 24.6 Å². The molecule has 2 aliphatic rings. The van der Waals surface area contributed by atoms with Gasteiger partial charge in [0.15, 0.2) is 0 Å². The SMILES string of the molecule is CCOC(=O)c1cc(C(O)c2ccc(N3CC4CC4C3)nc2C)nn1CC. The summed E-state index contributed by atoms with van der Waals surface area (Å²) in [6, 6.07) is 5.49. The molecule has 144 valence electrons. The summed E-state index contributed by atoms with van der Waals surface area (Å²) in [6.45, 7) is 8.56. The molecule has 3 heterocycles. The first kappa shape index (κ1) is 18.0. The third-order valence-electron chi connectivity index (χ3n) is 5.57. The number of hydrogen-bond acceptors (Lipinski definition) is 6. The molecule has 0 aromatic carbocycles. The molecule has 2 aromatic rings.